The van der Waals surface area contributed by atoms with Crippen LogP contribution in [0.2, 0.25) is 0 Å². The van der Waals surface area contributed by atoms with Crippen molar-refractivity contribution in [2.75, 3.05) is 0 Å². The summed E-state index contributed by atoms with van der Waals surface area (Å²) in [7, 11) is 0. The maximum Gasteiger partial charge on any atom is 0.339 e. The van der Waals surface area contributed by atoms with Crippen LogP contribution in [0.4, 0.5) is 0 Å². The van der Waals surface area contributed by atoms with E-state index in [2.05, 4.69) is 10.2 Å². The van der Waals surface area contributed by atoms with Gasteiger partial charge >= 0.3 is 5.97 Å². The number of H-pyrrole nitrogens is 1. The predicted molar refractivity (Wildman–Crippen MR) is 59.5 cm³/mol. The Bertz CT molecular complexity index is 491. The van der Waals surface area contributed by atoms with Crippen LogP contribution in [-0.4, -0.2) is 21.3 Å². The second kappa shape index (κ2) is 4.18. The Morgan fingerprint density at radius 2 is 2.06 bits per heavy atom. The van der Waals surface area contributed by atoms with Crippen molar-refractivity contribution < 1.29 is 9.90 Å². The first-order valence-electron chi connectivity index (χ1n) is 5.02. The molecule has 0 aliphatic carbocycles. The van der Waals surface area contributed by atoms with Gasteiger partial charge in [0.25, 0.3) is 0 Å². The Hall–Kier alpha value is -2.10. The van der Waals surface area contributed by atoms with E-state index in [1.165, 1.54) is 6.20 Å². The molecule has 2 rings (SSSR count). The zero-order valence-electron chi connectivity index (χ0n) is 8.84. The summed E-state index contributed by atoms with van der Waals surface area (Å²) in [6.07, 6.45) is 1.41. The molecular formula is C12H12N2O2. The summed E-state index contributed by atoms with van der Waals surface area (Å²) < 4.78 is 0. The highest BCUT2D eigenvalue weighted by Gasteiger charge is 2.19. The highest BCUT2D eigenvalue weighted by Crippen LogP contribution is 2.24. The second-order valence-corrected chi connectivity index (χ2v) is 3.62. The lowest BCUT2D eigenvalue weighted by molar-refractivity contribution is 0.0695. The van der Waals surface area contributed by atoms with Gasteiger partial charge in [-0.15, -0.1) is 0 Å². The number of aromatic amines is 1. The molecule has 0 saturated heterocycles. The van der Waals surface area contributed by atoms with Gasteiger partial charge in [-0.3, -0.25) is 5.10 Å². The topological polar surface area (TPSA) is 66.0 Å². The van der Waals surface area contributed by atoms with Crippen LogP contribution in [0.25, 0.3) is 0 Å². The highest BCUT2D eigenvalue weighted by molar-refractivity contribution is 5.88. The second-order valence-electron chi connectivity index (χ2n) is 3.62. The zero-order valence-corrected chi connectivity index (χ0v) is 8.84. The molecule has 4 heteroatoms. The first-order chi connectivity index (χ1) is 7.70. The van der Waals surface area contributed by atoms with Crippen LogP contribution in [0.5, 0.6) is 0 Å². The first kappa shape index (κ1) is 10.4. The SMILES string of the molecule is CC(c1ccccc1)c1n[nH]cc1C(=O)O. The van der Waals surface area contributed by atoms with E-state index in [4.69, 9.17) is 5.11 Å². The van der Waals surface area contributed by atoms with Gasteiger partial charge in [0.1, 0.15) is 5.56 Å². The average Bonchev–Trinajstić information content (AvgIpc) is 2.78. The van der Waals surface area contributed by atoms with E-state index in [-0.39, 0.29) is 11.5 Å². The summed E-state index contributed by atoms with van der Waals surface area (Å²) in [4.78, 5) is 11.0. The van der Waals surface area contributed by atoms with Gasteiger partial charge in [-0.05, 0) is 5.56 Å². The quantitative estimate of drug-likeness (QED) is 0.827. The lowest BCUT2D eigenvalue weighted by Crippen LogP contribution is -2.04. The third-order valence-corrected chi connectivity index (χ3v) is 2.61. The molecule has 0 radical (unpaired) electrons. The number of aromatic nitrogens is 2. The molecule has 1 unspecified atom stereocenters. The molecule has 0 amide bonds. The Kier molecular flexibility index (Phi) is 2.72. The number of benzene rings is 1. The van der Waals surface area contributed by atoms with Gasteiger partial charge in [-0.2, -0.15) is 5.10 Å². The molecule has 2 N–H and O–H groups in total. The minimum Gasteiger partial charge on any atom is -0.478 e. The molecule has 82 valence electrons. The summed E-state index contributed by atoms with van der Waals surface area (Å²) in [6, 6.07) is 9.71. The molecule has 16 heavy (non-hydrogen) atoms. The minimum absolute atomic E-state index is 0.0291. The summed E-state index contributed by atoms with van der Waals surface area (Å²) in [5, 5.41) is 15.6. The number of nitrogens with zero attached hydrogens (tertiary/aromatic N) is 1. The molecule has 0 bridgehead atoms. The van der Waals surface area contributed by atoms with Crippen molar-refractivity contribution in [3.05, 3.63) is 53.3 Å². The molecule has 1 aromatic carbocycles. The summed E-state index contributed by atoms with van der Waals surface area (Å²) in [5.74, 6) is -0.981. The summed E-state index contributed by atoms with van der Waals surface area (Å²) in [5.41, 5.74) is 1.85. The normalized spacial score (nSPS) is 12.3. The molecule has 0 aliphatic rings. The van der Waals surface area contributed by atoms with Gasteiger partial charge in [-0.1, -0.05) is 37.3 Å². The van der Waals surface area contributed by atoms with Crippen molar-refractivity contribution in [2.45, 2.75) is 12.8 Å². The zero-order chi connectivity index (χ0) is 11.5. The van der Waals surface area contributed by atoms with Gasteiger partial charge in [0.2, 0.25) is 0 Å². The Labute approximate surface area is 92.9 Å². The van der Waals surface area contributed by atoms with E-state index in [0.29, 0.717) is 5.69 Å². The number of aromatic carboxylic acids is 1. The number of carboxylic acid groups (broad SMARTS) is 1. The molecule has 4 nitrogen and oxygen atoms in total. The van der Waals surface area contributed by atoms with Crippen molar-refractivity contribution in [1.29, 1.82) is 0 Å². The van der Waals surface area contributed by atoms with Crippen molar-refractivity contribution in [3.8, 4) is 0 Å². The number of hydrogen-bond acceptors (Lipinski definition) is 2. The molecule has 1 heterocycles. The van der Waals surface area contributed by atoms with Crippen LogP contribution in [0.1, 0.15) is 34.5 Å². The van der Waals surface area contributed by atoms with Crippen LogP contribution < -0.4 is 0 Å². The largest absolute Gasteiger partial charge is 0.478 e. The number of carboxylic acids is 1. The molecule has 0 aliphatic heterocycles. The van der Waals surface area contributed by atoms with E-state index in [9.17, 15) is 4.79 Å². The van der Waals surface area contributed by atoms with Crippen LogP contribution in [0, 0.1) is 0 Å². The number of rotatable bonds is 3. The van der Waals surface area contributed by atoms with E-state index < -0.39 is 5.97 Å². The van der Waals surface area contributed by atoms with Crippen molar-refractivity contribution in [3.63, 3.8) is 0 Å². The maximum atomic E-state index is 11.0. The van der Waals surface area contributed by atoms with Gasteiger partial charge in [0.05, 0.1) is 5.69 Å². The molecule has 0 fully saturated rings. The lowest BCUT2D eigenvalue weighted by Gasteiger charge is -2.09. The predicted octanol–water partition coefficient (Wildman–Crippen LogP) is 2.26. The molecule has 1 atom stereocenters. The molecule has 2 aromatic rings. The number of carbonyl (C=O) groups is 1. The van der Waals surface area contributed by atoms with Gasteiger partial charge in [0, 0.05) is 12.1 Å². The highest BCUT2D eigenvalue weighted by atomic mass is 16.4. The first-order valence-corrected chi connectivity index (χ1v) is 5.02. The fraction of sp³-hybridized carbons (Fsp3) is 0.167. The van der Waals surface area contributed by atoms with Crippen LogP contribution in [-0.2, 0) is 0 Å². The van der Waals surface area contributed by atoms with E-state index in [1.54, 1.807) is 0 Å². The van der Waals surface area contributed by atoms with Gasteiger partial charge in [-0.25, -0.2) is 4.79 Å². The van der Waals surface area contributed by atoms with Crippen LogP contribution in [0.15, 0.2) is 36.5 Å². The van der Waals surface area contributed by atoms with Gasteiger partial charge in [0.15, 0.2) is 0 Å². The molecular weight excluding hydrogens is 204 g/mol. The Morgan fingerprint density at radius 1 is 1.38 bits per heavy atom. The van der Waals surface area contributed by atoms with Crippen LogP contribution >= 0.6 is 0 Å². The third kappa shape index (κ3) is 1.82. The van der Waals surface area contributed by atoms with E-state index in [1.807, 2.05) is 37.3 Å². The van der Waals surface area contributed by atoms with E-state index in [0.717, 1.165) is 5.56 Å². The minimum atomic E-state index is -0.952. The summed E-state index contributed by atoms with van der Waals surface area (Å²) >= 11 is 0. The fourth-order valence-corrected chi connectivity index (χ4v) is 1.70. The Morgan fingerprint density at radius 3 is 2.69 bits per heavy atom. The molecule has 0 saturated carbocycles. The Balaban J connectivity index is 2.38. The monoisotopic (exact) mass is 216 g/mol. The maximum absolute atomic E-state index is 11.0. The average molecular weight is 216 g/mol. The van der Waals surface area contributed by atoms with Crippen molar-refractivity contribution >= 4 is 5.97 Å². The smallest absolute Gasteiger partial charge is 0.339 e. The van der Waals surface area contributed by atoms with Crippen LogP contribution in [0.3, 0.4) is 0 Å². The van der Waals surface area contributed by atoms with E-state index >= 15 is 0 Å². The molecule has 1 aromatic heterocycles. The van der Waals surface area contributed by atoms with Gasteiger partial charge < -0.3 is 5.11 Å². The fourth-order valence-electron chi connectivity index (χ4n) is 1.70. The number of hydrogen-bond donors (Lipinski definition) is 2. The molecule has 0 spiro atoms. The lowest BCUT2D eigenvalue weighted by atomic mass is 9.95. The standard InChI is InChI=1S/C12H12N2O2/c1-8(9-5-3-2-4-6-9)11-10(12(15)16)7-13-14-11/h2-8H,1H3,(H,13,14)(H,15,16). The van der Waals surface area contributed by atoms with Crippen molar-refractivity contribution in [1.82, 2.24) is 10.2 Å². The third-order valence-electron chi connectivity index (χ3n) is 2.61. The van der Waals surface area contributed by atoms with Crippen molar-refractivity contribution in [2.24, 2.45) is 0 Å². The summed E-state index contributed by atoms with van der Waals surface area (Å²) in [6.45, 7) is 1.94. The number of nitrogens with one attached hydrogen (secondary N) is 1.